The van der Waals surface area contributed by atoms with Crippen molar-refractivity contribution < 1.29 is 8.78 Å². The third-order valence-corrected chi connectivity index (χ3v) is 2.86. The van der Waals surface area contributed by atoms with Gasteiger partial charge in [-0.2, -0.15) is 5.26 Å². The maximum absolute atomic E-state index is 13.7. The first kappa shape index (κ1) is 13.0. The van der Waals surface area contributed by atoms with Gasteiger partial charge in [0.25, 0.3) is 0 Å². The summed E-state index contributed by atoms with van der Waals surface area (Å²) in [4.78, 5) is 0. The van der Waals surface area contributed by atoms with Gasteiger partial charge >= 0.3 is 0 Å². The Morgan fingerprint density at radius 2 is 1.95 bits per heavy atom. The second-order valence-electron chi connectivity index (χ2n) is 4.20. The van der Waals surface area contributed by atoms with Crippen LogP contribution in [0.5, 0.6) is 0 Å². The van der Waals surface area contributed by atoms with Crippen LogP contribution in [0.3, 0.4) is 0 Å². The fourth-order valence-corrected chi connectivity index (χ4v) is 1.80. The van der Waals surface area contributed by atoms with Crippen molar-refractivity contribution in [2.24, 2.45) is 0 Å². The van der Waals surface area contributed by atoms with Crippen LogP contribution in [0.15, 0.2) is 36.4 Å². The van der Waals surface area contributed by atoms with Crippen molar-refractivity contribution in [3.63, 3.8) is 0 Å². The lowest BCUT2D eigenvalue weighted by Crippen LogP contribution is -2.05. The number of nitriles is 1. The van der Waals surface area contributed by atoms with E-state index in [1.54, 1.807) is 19.1 Å². The SMILES string of the molecule is Cc1cccc(F)c1NCc1ccc(C#N)cc1F. The smallest absolute Gasteiger partial charge is 0.146 e. The lowest BCUT2D eigenvalue weighted by atomic mass is 10.1. The monoisotopic (exact) mass is 258 g/mol. The molecule has 2 nitrogen and oxygen atoms in total. The number of halogens is 2. The van der Waals surface area contributed by atoms with Gasteiger partial charge in [-0.15, -0.1) is 0 Å². The number of hydrogen-bond acceptors (Lipinski definition) is 2. The fraction of sp³-hybridized carbons (Fsp3) is 0.133. The van der Waals surface area contributed by atoms with Crippen LogP contribution in [0.1, 0.15) is 16.7 Å². The zero-order valence-corrected chi connectivity index (χ0v) is 10.4. The standard InChI is InChI=1S/C15H12F2N2/c1-10-3-2-4-13(16)15(10)19-9-12-6-5-11(8-18)7-14(12)17/h2-7,19H,9H2,1H3. The molecule has 0 saturated carbocycles. The fourth-order valence-electron chi connectivity index (χ4n) is 1.80. The lowest BCUT2D eigenvalue weighted by molar-refractivity contribution is 0.609. The molecular formula is C15H12F2N2. The van der Waals surface area contributed by atoms with Crippen molar-refractivity contribution in [3.8, 4) is 6.07 Å². The molecule has 19 heavy (non-hydrogen) atoms. The molecule has 96 valence electrons. The van der Waals surface area contributed by atoms with Gasteiger partial charge < -0.3 is 5.32 Å². The van der Waals surface area contributed by atoms with Crippen LogP contribution < -0.4 is 5.32 Å². The largest absolute Gasteiger partial charge is 0.378 e. The average Bonchev–Trinajstić information content (AvgIpc) is 2.39. The molecule has 1 N–H and O–H groups in total. The zero-order valence-electron chi connectivity index (χ0n) is 10.4. The molecule has 4 heteroatoms. The summed E-state index contributed by atoms with van der Waals surface area (Å²) in [5.41, 5.74) is 1.78. The molecule has 0 aliphatic rings. The Labute approximate surface area is 110 Å². The van der Waals surface area contributed by atoms with E-state index in [-0.39, 0.29) is 17.9 Å². The van der Waals surface area contributed by atoms with E-state index in [2.05, 4.69) is 5.32 Å². The maximum Gasteiger partial charge on any atom is 0.146 e. The number of benzene rings is 2. The van der Waals surface area contributed by atoms with Crippen LogP contribution in [0.2, 0.25) is 0 Å². The molecule has 2 aromatic carbocycles. The Kier molecular flexibility index (Phi) is 3.76. The minimum atomic E-state index is -0.472. The normalized spacial score (nSPS) is 10.0. The summed E-state index contributed by atoms with van der Waals surface area (Å²) in [5.74, 6) is -0.838. The molecule has 0 unspecified atom stereocenters. The van der Waals surface area contributed by atoms with E-state index in [1.165, 1.54) is 24.3 Å². The Bertz CT molecular complexity index is 625. The van der Waals surface area contributed by atoms with E-state index < -0.39 is 5.82 Å². The third-order valence-electron chi connectivity index (χ3n) is 2.86. The second kappa shape index (κ2) is 5.49. The average molecular weight is 258 g/mol. The first-order valence-electron chi connectivity index (χ1n) is 5.79. The first-order valence-corrected chi connectivity index (χ1v) is 5.79. The van der Waals surface area contributed by atoms with Crippen LogP contribution in [0.25, 0.3) is 0 Å². The van der Waals surface area contributed by atoms with Crippen LogP contribution in [-0.2, 0) is 6.54 Å². The highest BCUT2D eigenvalue weighted by Crippen LogP contribution is 2.20. The minimum Gasteiger partial charge on any atom is -0.378 e. The number of hydrogen-bond donors (Lipinski definition) is 1. The molecule has 0 heterocycles. The van der Waals surface area contributed by atoms with Crippen LogP contribution in [-0.4, -0.2) is 0 Å². The van der Waals surface area contributed by atoms with Crippen LogP contribution >= 0.6 is 0 Å². The van der Waals surface area contributed by atoms with Crippen molar-refractivity contribution in [2.45, 2.75) is 13.5 Å². The first-order chi connectivity index (χ1) is 9.11. The molecule has 0 saturated heterocycles. The summed E-state index contributed by atoms with van der Waals surface area (Å²) < 4.78 is 27.2. The van der Waals surface area contributed by atoms with Crippen molar-refractivity contribution in [2.75, 3.05) is 5.32 Å². The van der Waals surface area contributed by atoms with Gasteiger partial charge in [0.1, 0.15) is 11.6 Å². The quantitative estimate of drug-likeness (QED) is 0.909. The van der Waals surface area contributed by atoms with Gasteiger partial charge in [0.05, 0.1) is 17.3 Å². The maximum atomic E-state index is 13.7. The highest BCUT2D eigenvalue weighted by molar-refractivity contribution is 5.52. The molecule has 0 aromatic heterocycles. The van der Waals surface area contributed by atoms with Gasteiger partial charge in [-0.25, -0.2) is 8.78 Å². The molecule has 0 aliphatic heterocycles. The van der Waals surface area contributed by atoms with Crippen LogP contribution in [0, 0.1) is 29.9 Å². The van der Waals surface area contributed by atoms with Crippen molar-refractivity contribution >= 4 is 5.69 Å². The summed E-state index contributed by atoms with van der Waals surface area (Å²) in [6.07, 6.45) is 0. The Balaban J connectivity index is 2.17. The van der Waals surface area contributed by atoms with Crippen LogP contribution in [0.4, 0.5) is 14.5 Å². The highest BCUT2D eigenvalue weighted by atomic mass is 19.1. The van der Waals surface area contributed by atoms with Crippen molar-refractivity contribution in [3.05, 3.63) is 64.7 Å². The highest BCUT2D eigenvalue weighted by Gasteiger charge is 2.07. The summed E-state index contributed by atoms with van der Waals surface area (Å²) in [5, 5.41) is 11.5. The molecule has 2 rings (SSSR count). The molecule has 0 amide bonds. The van der Waals surface area contributed by atoms with E-state index in [0.717, 1.165) is 5.56 Å². The minimum absolute atomic E-state index is 0.166. The van der Waals surface area contributed by atoms with Gasteiger partial charge in [-0.1, -0.05) is 18.2 Å². The Morgan fingerprint density at radius 3 is 2.58 bits per heavy atom. The predicted molar refractivity (Wildman–Crippen MR) is 69.6 cm³/mol. The molecule has 0 radical (unpaired) electrons. The van der Waals surface area contributed by atoms with Gasteiger partial charge in [0.2, 0.25) is 0 Å². The number of aryl methyl sites for hydroxylation is 1. The molecule has 0 atom stereocenters. The van der Waals surface area contributed by atoms with Gasteiger partial charge in [-0.3, -0.25) is 0 Å². The summed E-state index contributed by atoms with van der Waals surface area (Å²) in [7, 11) is 0. The lowest BCUT2D eigenvalue weighted by Gasteiger charge is -2.11. The Morgan fingerprint density at radius 1 is 1.16 bits per heavy atom. The number of anilines is 1. The number of rotatable bonds is 3. The summed E-state index contributed by atoms with van der Waals surface area (Å²) >= 11 is 0. The van der Waals surface area contributed by atoms with Crippen molar-refractivity contribution in [1.29, 1.82) is 5.26 Å². The summed E-state index contributed by atoms with van der Waals surface area (Å²) in [6.45, 7) is 1.94. The van der Waals surface area contributed by atoms with Gasteiger partial charge in [-0.05, 0) is 30.7 Å². The van der Waals surface area contributed by atoms with E-state index in [1.807, 2.05) is 6.07 Å². The molecule has 0 spiro atoms. The van der Waals surface area contributed by atoms with Gasteiger partial charge in [0.15, 0.2) is 0 Å². The summed E-state index contributed by atoms with van der Waals surface area (Å²) in [6, 6.07) is 10.9. The zero-order chi connectivity index (χ0) is 13.8. The van der Waals surface area contributed by atoms with Gasteiger partial charge in [0, 0.05) is 12.1 Å². The number of para-hydroxylation sites is 1. The van der Waals surface area contributed by atoms with E-state index in [0.29, 0.717) is 11.3 Å². The number of nitrogens with one attached hydrogen (secondary N) is 1. The number of nitrogens with zero attached hydrogens (tertiary/aromatic N) is 1. The molecular weight excluding hydrogens is 246 g/mol. The van der Waals surface area contributed by atoms with Crippen molar-refractivity contribution in [1.82, 2.24) is 0 Å². The molecule has 0 fully saturated rings. The third kappa shape index (κ3) is 2.89. The molecule has 2 aromatic rings. The van der Waals surface area contributed by atoms with E-state index in [9.17, 15) is 8.78 Å². The molecule has 0 aliphatic carbocycles. The second-order valence-corrected chi connectivity index (χ2v) is 4.20. The van der Waals surface area contributed by atoms with E-state index in [4.69, 9.17) is 5.26 Å². The van der Waals surface area contributed by atoms with E-state index >= 15 is 0 Å². The molecule has 0 bridgehead atoms. The predicted octanol–water partition coefficient (Wildman–Crippen LogP) is 3.76. The Hall–Kier alpha value is -2.41. The topological polar surface area (TPSA) is 35.8 Å².